The minimum atomic E-state index is -0.178. The molecular weight excluding hydrogens is 333 g/mol. The highest BCUT2D eigenvalue weighted by Gasteiger charge is 2.06. The van der Waals surface area contributed by atoms with Crippen LogP contribution in [-0.2, 0) is 12.8 Å². The first-order valence-electron chi connectivity index (χ1n) is 8.56. The summed E-state index contributed by atoms with van der Waals surface area (Å²) in [6, 6.07) is 12.5. The Bertz CT molecular complexity index is 735. The summed E-state index contributed by atoms with van der Waals surface area (Å²) in [5.41, 5.74) is 1.75. The van der Waals surface area contributed by atoms with Crippen LogP contribution < -0.4 is 20.1 Å². The molecule has 0 amide bonds. The molecule has 0 saturated heterocycles. The molecule has 2 aromatic carbocycles. The van der Waals surface area contributed by atoms with Gasteiger partial charge in [0.15, 0.2) is 5.96 Å². The van der Waals surface area contributed by atoms with E-state index in [-0.39, 0.29) is 5.82 Å². The molecule has 6 heteroatoms. The number of rotatable bonds is 8. The highest BCUT2D eigenvalue weighted by molar-refractivity contribution is 5.79. The van der Waals surface area contributed by atoms with Gasteiger partial charge in [-0.15, -0.1) is 0 Å². The smallest absolute Gasteiger partial charge is 0.190 e. The van der Waals surface area contributed by atoms with Crippen LogP contribution in [0.1, 0.15) is 11.1 Å². The van der Waals surface area contributed by atoms with Gasteiger partial charge in [0.1, 0.15) is 17.3 Å². The molecule has 140 valence electrons. The van der Waals surface area contributed by atoms with Gasteiger partial charge in [0.2, 0.25) is 0 Å². The van der Waals surface area contributed by atoms with Crippen molar-refractivity contribution in [3.63, 3.8) is 0 Å². The molecular formula is C20H26FN3O2. The van der Waals surface area contributed by atoms with Gasteiger partial charge in [-0.25, -0.2) is 4.39 Å². The van der Waals surface area contributed by atoms with Gasteiger partial charge in [-0.05, 0) is 48.2 Å². The van der Waals surface area contributed by atoms with Crippen molar-refractivity contribution in [2.45, 2.75) is 12.8 Å². The average Bonchev–Trinajstić information content (AvgIpc) is 2.68. The Morgan fingerprint density at radius 3 is 2.27 bits per heavy atom. The molecule has 0 radical (unpaired) electrons. The first-order valence-corrected chi connectivity index (χ1v) is 8.56. The summed E-state index contributed by atoms with van der Waals surface area (Å²) < 4.78 is 24.3. The second kappa shape index (κ2) is 10.3. The minimum absolute atomic E-state index is 0.178. The minimum Gasteiger partial charge on any atom is -0.497 e. The number of halogens is 1. The van der Waals surface area contributed by atoms with Crippen molar-refractivity contribution in [2.24, 2.45) is 4.99 Å². The zero-order chi connectivity index (χ0) is 18.8. The lowest BCUT2D eigenvalue weighted by atomic mass is 10.1. The third-order valence-electron chi connectivity index (χ3n) is 4.04. The van der Waals surface area contributed by atoms with Crippen LogP contribution in [-0.4, -0.2) is 40.3 Å². The lowest BCUT2D eigenvalue weighted by molar-refractivity contribution is 0.398. The maximum atomic E-state index is 13.6. The van der Waals surface area contributed by atoms with Crippen LogP contribution in [0.5, 0.6) is 11.5 Å². The molecule has 0 aromatic heterocycles. The number of nitrogens with one attached hydrogen (secondary N) is 2. The summed E-state index contributed by atoms with van der Waals surface area (Å²) in [4.78, 5) is 4.19. The Balaban J connectivity index is 1.81. The van der Waals surface area contributed by atoms with Gasteiger partial charge in [-0.3, -0.25) is 4.99 Å². The van der Waals surface area contributed by atoms with Crippen molar-refractivity contribution < 1.29 is 13.9 Å². The molecule has 0 spiro atoms. The SMILES string of the molecule is CN=C(NCCc1ccccc1F)NCCc1cc(OC)ccc1OC. The highest BCUT2D eigenvalue weighted by atomic mass is 19.1. The van der Waals surface area contributed by atoms with E-state index < -0.39 is 0 Å². The molecule has 2 N–H and O–H groups in total. The predicted molar refractivity (Wildman–Crippen MR) is 103 cm³/mol. The third-order valence-corrected chi connectivity index (χ3v) is 4.04. The number of guanidine groups is 1. The van der Waals surface area contributed by atoms with Crippen LogP contribution in [0.2, 0.25) is 0 Å². The monoisotopic (exact) mass is 359 g/mol. The predicted octanol–water partition coefficient (Wildman–Crippen LogP) is 2.79. The van der Waals surface area contributed by atoms with E-state index in [2.05, 4.69) is 15.6 Å². The number of nitrogens with zero attached hydrogens (tertiary/aromatic N) is 1. The Hall–Kier alpha value is -2.76. The third kappa shape index (κ3) is 5.65. The summed E-state index contributed by atoms with van der Waals surface area (Å²) in [6.07, 6.45) is 1.35. The number of aliphatic imine (C=N–C) groups is 1. The van der Waals surface area contributed by atoms with Crippen LogP contribution >= 0.6 is 0 Å². The summed E-state index contributed by atoms with van der Waals surface area (Å²) in [6.45, 7) is 1.28. The van der Waals surface area contributed by atoms with Crippen LogP contribution in [0, 0.1) is 5.82 Å². The zero-order valence-corrected chi connectivity index (χ0v) is 15.5. The molecule has 5 nitrogen and oxygen atoms in total. The van der Waals surface area contributed by atoms with Crippen molar-refractivity contribution in [1.82, 2.24) is 10.6 Å². The fraction of sp³-hybridized carbons (Fsp3) is 0.350. The molecule has 0 atom stereocenters. The van der Waals surface area contributed by atoms with Crippen molar-refractivity contribution >= 4 is 5.96 Å². The quantitative estimate of drug-likeness (QED) is 0.562. The molecule has 2 rings (SSSR count). The molecule has 26 heavy (non-hydrogen) atoms. The van der Waals surface area contributed by atoms with Crippen LogP contribution in [0.25, 0.3) is 0 Å². The highest BCUT2D eigenvalue weighted by Crippen LogP contribution is 2.24. The van der Waals surface area contributed by atoms with Crippen molar-refractivity contribution in [1.29, 1.82) is 0 Å². The van der Waals surface area contributed by atoms with E-state index in [4.69, 9.17) is 9.47 Å². The first-order chi connectivity index (χ1) is 12.7. The zero-order valence-electron chi connectivity index (χ0n) is 15.5. The first kappa shape index (κ1) is 19.6. The number of hydrogen-bond donors (Lipinski definition) is 2. The standard InChI is InChI=1S/C20H26FN3O2/c1-22-20(23-12-10-15-6-4-5-7-18(15)21)24-13-11-16-14-17(25-2)8-9-19(16)26-3/h4-9,14H,10-13H2,1-3H3,(H2,22,23,24). The molecule has 0 aliphatic carbocycles. The Kier molecular flexibility index (Phi) is 7.74. The van der Waals surface area contributed by atoms with Gasteiger partial charge in [0, 0.05) is 20.1 Å². The van der Waals surface area contributed by atoms with E-state index in [0.717, 1.165) is 23.5 Å². The summed E-state index contributed by atoms with van der Waals surface area (Å²) in [7, 11) is 5.01. The maximum Gasteiger partial charge on any atom is 0.190 e. The normalized spacial score (nSPS) is 11.2. The van der Waals surface area contributed by atoms with E-state index >= 15 is 0 Å². The van der Waals surface area contributed by atoms with Gasteiger partial charge >= 0.3 is 0 Å². The van der Waals surface area contributed by atoms with E-state index in [0.29, 0.717) is 31.0 Å². The molecule has 0 saturated carbocycles. The van der Waals surface area contributed by atoms with Gasteiger partial charge < -0.3 is 20.1 Å². The Morgan fingerprint density at radius 2 is 1.65 bits per heavy atom. The molecule has 0 unspecified atom stereocenters. The van der Waals surface area contributed by atoms with E-state index in [1.807, 2.05) is 24.3 Å². The van der Waals surface area contributed by atoms with Crippen molar-refractivity contribution in [3.05, 3.63) is 59.4 Å². The molecule has 0 heterocycles. The lowest BCUT2D eigenvalue weighted by Crippen LogP contribution is -2.39. The Morgan fingerprint density at radius 1 is 0.962 bits per heavy atom. The van der Waals surface area contributed by atoms with Gasteiger partial charge in [0.05, 0.1) is 14.2 Å². The van der Waals surface area contributed by atoms with Crippen LogP contribution in [0.3, 0.4) is 0 Å². The number of ether oxygens (including phenoxy) is 2. The molecule has 0 aliphatic rings. The number of hydrogen-bond acceptors (Lipinski definition) is 3. The van der Waals surface area contributed by atoms with Crippen LogP contribution in [0.4, 0.5) is 4.39 Å². The van der Waals surface area contributed by atoms with E-state index in [9.17, 15) is 4.39 Å². The lowest BCUT2D eigenvalue weighted by Gasteiger charge is -2.14. The topological polar surface area (TPSA) is 54.9 Å². The summed E-state index contributed by atoms with van der Waals surface area (Å²) in [5, 5.41) is 6.46. The largest absolute Gasteiger partial charge is 0.497 e. The second-order valence-electron chi connectivity index (χ2n) is 5.69. The fourth-order valence-corrected chi connectivity index (χ4v) is 2.63. The van der Waals surface area contributed by atoms with Crippen LogP contribution in [0.15, 0.2) is 47.5 Å². The molecule has 2 aromatic rings. The average molecular weight is 359 g/mol. The molecule has 0 aliphatic heterocycles. The Labute approximate surface area is 154 Å². The van der Waals surface area contributed by atoms with Gasteiger partial charge in [-0.2, -0.15) is 0 Å². The maximum absolute atomic E-state index is 13.6. The number of benzene rings is 2. The summed E-state index contributed by atoms with van der Waals surface area (Å²) in [5.74, 6) is 2.13. The van der Waals surface area contributed by atoms with E-state index in [1.54, 1.807) is 33.4 Å². The van der Waals surface area contributed by atoms with Crippen molar-refractivity contribution in [3.8, 4) is 11.5 Å². The number of methoxy groups -OCH3 is 2. The fourth-order valence-electron chi connectivity index (χ4n) is 2.63. The molecule has 0 bridgehead atoms. The van der Waals surface area contributed by atoms with E-state index in [1.165, 1.54) is 6.07 Å². The van der Waals surface area contributed by atoms with Gasteiger partial charge in [0.25, 0.3) is 0 Å². The van der Waals surface area contributed by atoms with Crippen molar-refractivity contribution in [2.75, 3.05) is 34.4 Å². The second-order valence-corrected chi connectivity index (χ2v) is 5.69. The van der Waals surface area contributed by atoms with Gasteiger partial charge in [-0.1, -0.05) is 18.2 Å². The molecule has 0 fully saturated rings. The summed E-state index contributed by atoms with van der Waals surface area (Å²) >= 11 is 0.